The van der Waals surface area contributed by atoms with Crippen LogP contribution >= 0.6 is 11.8 Å². The highest BCUT2D eigenvalue weighted by molar-refractivity contribution is 7.98. The van der Waals surface area contributed by atoms with Crippen molar-refractivity contribution in [1.82, 2.24) is 14.8 Å². The van der Waals surface area contributed by atoms with E-state index in [9.17, 15) is 0 Å². The van der Waals surface area contributed by atoms with Crippen molar-refractivity contribution >= 4 is 11.8 Å². The molecule has 0 saturated heterocycles. The highest BCUT2D eigenvalue weighted by Gasteiger charge is 2.18. The minimum Gasteiger partial charge on any atom is -0.496 e. The fourth-order valence-electron chi connectivity index (χ4n) is 3.00. The van der Waals surface area contributed by atoms with Gasteiger partial charge in [0.05, 0.1) is 24.3 Å². The van der Waals surface area contributed by atoms with E-state index in [1.807, 2.05) is 83.4 Å². The molecule has 4 rings (SSSR count). The summed E-state index contributed by atoms with van der Waals surface area (Å²) in [5, 5.41) is 18.7. The van der Waals surface area contributed by atoms with Crippen molar-refractivity contribution in [2.45, 2.75) is 10.9 Å². The molecule has 5 nitrogen and oxygen atoms in total. The van der Waals surface area contributed by atoms with Crippen LogP contribution < -0.4 is 4.74 Å². The molecule has 0 fully saturated rings. The van der Waals surface area contributed by atoms with Gasteiger partial charge in [-0.2, -0.15) is 5.26 Å². The van der Waals surface area contributed by atoms with E-state index in [2.05, 4.69) is 16.3 Å². The lowest BCUT2D eigenvalue weighted by molar-refractivity contribution is 0.416. The molecule has 29 heavy (non-hydrogen) atoms. The lowest BCUT2D eigenvalue weighted by Gasteiger charge is -2.12. The number of para-hydroxylation sites is 2. The van der Waals surface area contributed by atoms with Crippen LogP contribution in [-0.2, 0) is 5.75 Å². The summed E-state index contributed by atoms with van der Waals surface area (Å²) < 4.78 is 7.58. The van der Waals surface area contributed by atoms with Gasteiger partial charge in [-0.15, -0.1) is 10.2 Å². The summed E-state index contributed by atoms with van der Waals surface area (Å²) in [7, 11) is 1.66. The molecule has 0 aliphatic heterocycles. The number of ether oxygens (including phenoxy) is 1. The molecule has 0 atom stereocenters. The number of thioether (sulfide) groups is 1. The van der Waals surface area contributed by atoms with Gasteiger partial charge >= 0.3 is 0 Å². The predicted molar refractivity (Wildman–Crippen MR) is 114 cm³/mol. The summed E-state index contributed by atoms with van der Waals surface area (Å²) in [5.74, 6) is 2.21. The minimum atomic E-state index is 0.657. The van der Waals surface area contributed by atoms with Crippen LogP contribution in [-0.4, -0.2) is 21.9 Å². The van der Waals surface area contributed by atoms with Gasteiger partial charge in [-0.25, -0.2) is 0 Å². The monoisotopic (exact) mass is 398 g/mol. The standard InChI is InChI=1S/C23H18N4OS/c1-28-21-10-6-5-9-20(21)22-25-26-23(27(22)19-7-3-2-4-8-19)29-16-18-13-11-17(15-24)12-14-18/h2-14H,16H2,1H3. The SMILES string of the molecule is COc1ccccc1-c1nnc(SCc2ccc(C#N)cc2)n1-c1ccccc1. The third kappa shape index (κ3) is 4.00. The first-order valence-corrected chi connectivity index (χ1v) is 10.0. The number of hydrogen-bond donors (Lipinski definition) is 0. The maximum absolute atomic E-state index is 8.97. The van der Waals surface area contributed by atoms with Crippen molar-refractivity contribution in [2.24, 2.45) is 0 Å². The first kappa shape index (κ1) is 18.8. The molecule has 142 valence electrons. The van der Waals surface area contributed by atoms with Crippen molar-refractivity contribution in [2.75, 3.05) is 7.11 Å². The van der Waals surface area contributed by atoms with E-state index in [1.54, 1.807) is 18.9 Å². The van der Waals surface area contributed by atoms with Crippen LogP contribution in [0, 0.1) is 11.3 Å². The number of methoxy groups -OCH3 is 1. The van der Waals surface area contributed by atoms with Crippen LogP contribution in [0.4, 0.5) is 0 Å². The van der Waals surface area contributed by atoms with Gasteiger partial charge < -0.3 is 4.74 Å². The molecule has 6 heteroatoms. The molecule has 3 aromatic carbocycles. The summed E-state index contributed by atoms with van der Waals surface area (Å²) in [6, 6.07) is 27.6. The molecular weight excluding hydrogens is 380 g/mol. The van der Waals surface area contributed by atoms with Crippen LogP contribution in [0.25, 0.3) is 17.1 Å². The lowest BCUT2D eigenvalue weighted by Crippen LogP contribution is -2.00. The third-order valence-electron chi connectivity index (χ3n) is 4.45. The Morgan fingerprint density at radius 2 is 1.66 bits per heavy atom. The second-order valence-electron chi connectivity index (χ2n) is 6.27. The highest BCUT2D eigenvalue weighted by Crippen LogP contribution is 2.34. The molecule has 4 aromatic rings. The topological polar surface area (TPSA) is 63.7 Å². The summed E-state index contributed by atoms with van der Waals surface area (Å²) in [5.41, 5.74) is 3.65. The normalized spacial score (nSPS) is 10.5. The second-order valence-corrected chi connectivity index (χ2v) is 7.22. The molecule has 0 aliphatic carbocycles. The van der Waals surface area contributed by atoms with Crippen molar-refractivity contribution in [3.63, 3.8) is 0 Å². The molecule has 0 amide bonds. The summed E-state index contributed by atoms with van der Waals surface area (Å²) in [4.78, 5) is 0. The fourth-order valence-corrected chi connectivity index (χ4v) is 3.91. The zero-order valence-electron chi connectivity index (χ0n) is 15.8. The molecule has 0 aliphatic rings. The zero-order chi connectivity index (χ0) is 20.1. The van der Waals surface area contributed by atoms with Crippen molar-refractivity contribution in [3.8, 4) is 28.9 Å². The van der Waals surface area contributed by atoms with E-state index in [1.165, 1.54) is 0 Å². The average Bonchev–Trinajstić information content (AvgIpc) is 3.22. The lowest BCUT2D eigenvalue weighted by atomic mass is 10.2. The Labute approximate surface area is 173 Å². The molecule has 0 spiro atoms. The number of nitriles is 1. The summed E-state index contributed by atoms with van der Waals surface area (Å²) in [6.45, 7) is 0. The Morgan fingerprint density at radius 1 is 0.931 bits per heavy atom. The van der Waals surface area contributed by atoms with Gasteiger partial charge in [0, 0.05) is 11.4 Å². The average molecular weight is 398 g/mol. The number of rotatable bonds is 6. The van der Waals surface area contributed by atoms with E-state index < -0.39 is 0 Å². The molecular formula is C23H18N4OS. The minimum absolute atomic E-state index is 0.657. The molecule has 0 unspecified atom stereocenters. The van der Waals surface area contributed by atoms with Gasteiger partial charge in [0.2, 0.25) is 0 Å². The number of nitrogens with zero attached hydrogens (tertiary/aromatic N) is 4. The number of benzene rings is 3. The molecule has 1 heterocycles. The summed E-state index contributed by atoms with van der Waals surface area (Å²) in [6.07, 6.45) is 0. The first-order chi connectivity index (χ1) is 14.3. The van der Waals surface area contributed by atoms with Crippen LogP contribution in [0.15, 0.2) is 84.0 Å². The molecule has 0 bridgehead atoms. The van der Waals surface area contributed by atoms with Crippen LogP contribution in [0.1, 0.15) is 11.1 Å². The van der Waals surface area contributed by atoms with Gasteiger partial charge in [0.15, 0.2) is 11.0 Å². The van der Waals surface area contributed by atoms with E-state index >= 15 is 0 Å². The zero-order valence-corrected chi connectivity index (χ0v) is 16.6. The molecule has 0 N–H and O–H groups in total. The molecule has 0 radical (unpaired) electrons. The Morgan fingerprint density at radius 3 is 2.38 bits per heavy atom. The van der Waals surface area contributed by atoms with E-state index in [4.69, 9.17) is 10.00 Å². The predicted octanol–water partition coefficient (Wildman–Crippen LogP) is 5.11. The maximum Gasteiger partial charge on any atom is 0.196 e. The highest BCUT2D eigenvalue weighted by atomic mass is 32.2. The van der Waals surface area contributed by atoms with Crippen molar-refractivity contribution in [3.05, 3.63) is 90.0 Å². The quantitative estimate of drug-likeness (QED) is 0.423. The van der Waals surface area contributed by atoms with Gasteiger partial charge in [-0.05, 0) is 42.0 Å². The Balaban J connectivity index is 1.72. The van der Waals surface area contributed by atoms with Gasteiger partial charge in [-0.3, -0.25) is 4.57 Å². The Hall–Kier alpha value is -3.56. The number of aromatic nitrogens is 3. The van der Waals surface area contributed by atoms with Crippen molar-refractivity contribution in [1.29, 1.82) is 5.26 Å². The van der Waals surface area contributed by atoms with E-state index in [-0.39, 0.29) is 0 Å². The van der Waals surface area contributed by atoms with Crippen LogP contribution in [0.5, 0.6) is 5.75 Å². The Bertz CT molecular complexity index is 1150. The number of hydrogen-bond acceptors (Lipinski definition) is 5. The van der Waals surface area contributed by atoms with Crippen LogP contribution in [0.2, 0.25) is 0 Å². The molecule has 1 aromatic heterocycles. The van der Waals surface area contributed by atoms with Crippen molar-refractivity contribution < 1.29 is 4.74 Å². The van der Waals surface area contributed by atoms with Gasteiger partial charge in [-0.1, -0.05) is 54.2 Å². The van der Waals surface area contributed by atoms with Gasteiger partial charge in [0.25, 0.3) is 0 Å². The second kappa shape index (κ2) is 8.63. The largest absolute Gasteiger partial charge is 0.496 e. The first-order valence-electron chi connectivity index (χ1n) is 9.06. The van der Waals surface area contributed by atoms with E-state index in [0.29, 0.717) is 5.56 Å². The van der Waals surface area contributed by atoms with E-state index in [0.717, 1.165) is 39.3 Å². The maximum atomic E-state index is 8.97. The Kier molecular flexibility index (Phi) is 5.59. The van der Waals surface area contributed by atoms with Crippen LogP contribution in [0.3, 0.4) is 0 Å². The fraction of sp³-hybridized carbons (Fsp3) is 0.0870. The van der Waals surface area contributed by atoms with Gasteiger partial charge in [0.1, 0.15) is 5.75 Å². The summed E-state index contributed by atoms with van der Waals surface area (Å²) >= 11 is 1.60. The molecule has 0 saturated carbocycles. The third-order valence-corrected chi connectivity index (χ3v) is 5.45. The smallest absolute Gasteiger partial charge is 0.196 e.